The number of carbonyl (C=O) groups is 2. The fraction of sp³-hybridized carbons (Fsp3) is 0.391. The number of hydrogen-bond donors (Lipinski definition) is 0. The standard InChI is InChI=1S/C23H25F3N2O4S/c1-16(18-6-8-20(9-7-18)23(24,25)26)14-22(30)27-10-12-28(13-11-27)33(31,32)21-5-3-4-19(15-21)17(2)29/h3-9,15-16H,10-14H2,1-2H3. The van der Waals surface area contributed by atoms with Crippen LogP contribution in [-0.2, 0) is 21.0 Å². The first-order valence-electron chi connectivity index (χ1n) is 10.5. The van der Waals surface area contributed by atoms with Crippen molar-refractivity contribution in [2.45, 2.75) is 37.3 Å². The maximum absolute atomic E-state index is 12.9. The summed E-state index contributed by atoms with van der Waals surface area (Å²) in [6, 6.07) is 10.6. The van der Waals surface area contributed by atoms with Crippen LogP contribution >= 0.6 is 0 Å². The quantitative estimate of drug-likeness (QED) is 0.585. The molecule has 0 N–H and O–H groups in total. The second kappa shape index (κ2) is 9.64. The van der Waals surface area contributed by atoms with E-state index >= 15 is 0 Å². The first kappa shape index (κ1) is 24.9. The summed E-state index contributed by atoms with van der Waals surface area (Å²) in [5.74, 6) is -0.696. The van der Waals surface area contributed by atoms with Gasteiger partial charge >= 0.3 is 6.18 Å². The maximum atomic E-state index is 12.9. The number of carbonyl (C=O) groups excluding carboxylic acids is 2. The highest BCUT2D eigenvalue weighted by Gasteiger charge is 2.32. The molecule has 10 heteroatoms. The van der Waals surface area contributed by atoms with Gasteiger partial charge in [0.1, 0.15) is 0 Å². The van der Waals surface area contributed by atoms with Gasteiger partial charge in [0, 0.05) is 38.2 Å². The van der Waals surface area contributed by atoms with Crippen molar-refractivity contribution in [2.75, 3.05) is 26.2 Å². The fourth-order valence-corrected chi connectivity index (χ4v) is 5.18. The largest absolute Gasteiger partial charge is 0.416 e. The van der Waals surface area contributed by atoms with Gasteiger partial charge < -0.3 is 4.90 Å². The van der Waals surface area contributed by atoms with Crippen molar-refractivity contribution in [1.82, 2.24) is 9.21 Å². The lowest BCUT2D eigenvalue weighted by Crippen LogP contribution is -2.50. The van der Waals surface area contributed by atoms with Crippen LogP contribution in [0.3, 0.4) is 0 Å². The molecule has 0 bridgehead atoms. The minimum atomic E-state index is -4.41. The average molecular weight is 483 g/mol. The number of amides is 1. The van der Waals surface area contributed by atoms with Crippen LogP contribution in [0, 0.1) is 0 Å². The number of halogens is 3. The van der Waals surface area contributed by atoms with E-state index in [4.69, 9.17) is 0 Å². The fourth-order valence-electron chi connectivity index (χ4n) is 3.71. The zero-order valence-corrected chi connectivity index (χ0v) is 19.1. The molecular formula is C23H25F3N2O4S. The first-order valence-corrected chi connectivity index (χ1v) is 11.9. The van der Waals surface area contributed by atoms with E-state index in [0.29, 0.717) is 11.1 Å². The summed E-state index contributed by atoms with van der Waals surface area (Å²) < 4.78 is 65.3. The Kier molecular flexibility index (Phi) is 7.28. The summed E-state index contributed by atoms with van der Waals surface area (Å²) in [4.78, 5) is 25.9. The van der Waals surface area contributed by atoms with E-state index in [1.54, 1.807) is 17.9 Å². The number of piperazine rings is 1. The molecule has 1 fully saturated rings. The van der Waals surface area contributed by atoms with Crippen LogP contribution in [0.4, 0.5) is 13.2 Å². The number of rotatable bonds is 6. The molecule has 2 aromatic rings. The molecule has 1 aliphatic heterocycles. The van der Waals surface area contributed by atoms with Crippen LogP contribution in [-0.4, -0.2) is 55.5 Å². The number of hydrogen-bond acceptors (Lipinski definition) is 4. The van der Waals surface area contributed by atoms with Gasteiger partial charge in [-0.25, -0.2) is 8.42 Å². The SMILES string of the molecule is CC(=O)c1cccc(S(=O)(=O)N2CCN(C(=O)CC(C)c3ccc(C(F)(F)F)cc3)CC2)c1. The molecule has 0 spiro atoms. The van der Waals surface area contributed by atoms with E-state index in [0.717, 1.165) is 12.1 Å². The third-order valence-corrected chi connectivity index (χ3v) is 7.65. The van der Waals surface area contributed by atoms with E-state index in [2.05, 4.69) is 0 Å². The molecular weight excluding hydrogens is 457 g/mol. The maximum Gasteiger partial charge on any atom is 0.416 e. The van der Waals surface area contributed by atoms with Crippen LogP contribution < -0.4 is 0 Å². The lowest BCUT2D eigenvalue weighted by atomic mass is 9.96. The molecule has 1 heterocycles. The molecule has 0 aliphatic carbocycles. The minimum Gasteiger partial charge on any atom is -0.340 e. The van der Waals surface area contributed by atoms with Gasteiger partial charge in [-0.1, -0.05) is 31.2 Å². The summed E-state index contributed by atoms with van der Waals surface area (Å²) in [7, 11) is -3.80. The van der Waals surface area contributed by atoms with Crippen molar-refractivity contribution in [3.63, 3.8) is 0 Å². The van der Waals surface area contributed by atoms with Crippen LogP contribution in [0.5, 0.6) is 0 Å². The summed E-state index contributed by atoms with van der Waals surface area (Å²) in [6.45, 7) is 3.79. The van der Waals surface area contributed by atoms with Crippen LogP contribution in [0.1, 0.15) is 47.7 Å². The monoisotopic (exact) mass is 482 g/mol. The smallest absolute Gasteiger partial charge is 0.340 e. The number of sulfonamides is 1. The van der Waals surface area contributed by atoms with E-state index in [9.17, 15) is 31.2 Å². The van der Waals surface area contributed by atoms with Gasteiger partial charge in [-0.3, -0.25) is 9.59 Å². The highest BCUT2D eigenvalue weighted by molar-refractivity contribution is 7.89. The topological polar surface area (TPSA) is 74.8 Å². The van der Waals surface area contributed by atoms with Gasteiger partial charge in [0.05, 0.1) is 10.5 Å². The highest BCUT2D eigenvalue weighted by Crippen LogP contribution is 2.31. The molecule has 1 aliphatic rings. The number of alkyl halides is 3. The third-order valence-electron chi connectivity index (χ3n) is 5.76. The molecule has 0 aromatic heterocycles. The normalized spacial score (nSPS) is 16.5. The Morgan fingerprint density at radius 2 is 1.61 bits per heavy atom. The number of benzene rings is 2. The highest BCUT2D eigenvalue weighted by atomic mass is 32.2. The Morgan fingerprint density at radius 1 is 1.00 bits per heavy atom. The molecule has 3 rings (SSSR count). The van der Waals surface area contributed by atoms with E-state index < -0.39 is 21.8 Å². The molecule has 1 saturated heterocycles. The van der Waals surface area contributed by atoms with Crippen molar-refractivity contribution in [2.24, 2.45) is 0 Å². The Bertz CT molecular complexity index is 1120. The van der Waals surface area contributed by atoms with Gasteiger partial charge in [-0.2, -0.15) is 17.5 Å². The molecule has 33 heavy (non-hydrogen) atoms. The molecule has 6 nitrogen and oxygen atoms in total. The van der Waals surface area contributed by atoms with E-state index in [1.165, 1.54) is 41.6 Å². The van der Waals surface area contributed by atoms with Gasteiger partial charge in [0.25, 0.3) is 0 Å². The summed E-state index contributed by atoms with van der Waals surface area (Å²) in [5.41, 5.74) is 0.195. The van der Waals surface area contributed by atoms with Crippen LogP contribution in [0.2, 0.25) is 0 Å². The zero-order valence-electron chi connectivity index (χ0n) is 18.3. The second-order valence-electron chi connectivity index (χ2n) is 8.09. The minimum absolute atomic E-state index is 0.0332. The van der Waals surface area contributed by atoms with E-state index in [-0.39, 0.29) is 55.1 Å². The summed E-state index contributed by atoms with van der Waals surface area (Å²) >= 11 is 0. The Labute approximate surface area is 191 Å². The molecule has 1 amide bonds. The third kappa shape index (κ3) is 5.80. The lowest BCUT2D eigenvalue weighted by Gasteiger charge is -2.34. The Hall–Kier alpha value is -2.72. The molecule has 1 atom stereocenters. The summed E-state index contributed by atoms with van der Waals surface area (Å²) in [6.07, 6.45) is -4.30. The molecule has 0 radical (unpaired) electrons. The summed E-state index contributed by atoms with van der Waals surface area (Å²) in [5, 5.41) is 0. The van der Waals surface area contributed by atoms with Gasteiger partial charge in [-0.05, 0) is 42.7 Å². The van der Waals surface area contributed by atoms with E-state index in [1.807, 2.05) is 0 Å². The predicted octanol–water partition coefficient (Wildman–Crippen LogP) is 3.93. The number of Topliss-reactive ketones (excluding diaryl/α,β-unsaturated/α-hetero) is 1. The second-order valence-corrected chi connectivity index (χ2v) is 10.0. The van der Waals surface area contributed by atoms with Crippen LogP contribution in [0.15, 0.2) is 53.4 Å². The molecule has 2 aromatic carbocycles. The lowest BCUT2D eigenvalue weighted by molar-refractivity contribution is -0.137. The Morgan fingerprint density at radius 3 is 2.15 bits per heavy atom. The van der Waals surface area contributed by atoms with Crippen LogP contribution in [0.25, 0.3) is 0 Å². The van der Waals surface area contributed by atoms with Crippen molar-refractivity contribution in [3.05, 3.63) is 65.2 Å². The predicted molar refractivity (Wildman–Crippen MR) is 116 cm³/mol. The first-order chi connectivity index (χ1) is 15.4. The van der Waals surface area contributed by atoms with Gasteiger partial charge in [0.2, 0.25) is 15.9 Å². The Balaban J connectivity index is 1.59. The van der Waals surface area contributed by atoms with Crippen molar-refractivity contribution < 1.29 is 31.2 Å². The van der Waals surface area contributed by atoms with Crippen molar-refractivity contribution in [3.8, 4) is 0 Å². The van der Waals surface area contributed by atoms with Gasteiger partial charge in [-0.15, -0.1) is 0 Å². The van der Waals surface area contributed by atoms with Crippen molar-refractivity contribution >= 4 is 21.7 Å². The van der Waals surface area contributed by atoms with Gasteiger partial charge in [0.15, 0.2) is 5.78 Å². The zero-order chi connectivity index (χ0) is 24.4. The molecule has 1 unspecified atom stereocenters. The van der Waals surface area contributed by atoms with Crippen molar-refractivity contribution in [1.29, 1.82) is 0 Å². The molecule has 178 valence electrons. The molecule has 0 saturated carbocycles. The average Bonchev–Trinajstić information content (AvgIpc) is 2.78. The number of ketones is 1. The number of nitrogens with zero attached hydrogens (tertiary/aromatic N) is 2.